The third-order valence-corrected chi connectivity index (χ3v) is 1.21. The number of rotatable bonds is 5. The molecular weight excluding hydrogens is 208 g/mol. The topological polar surface area (TPSA) is 91.3 Å². The smallest absolute Gasteiger partial charge is 0.438 e. The largest absolute Gasteiger partial charge is 0.508 e. The van der Waals surface area contributed by atoms with Gasteiger partial charge in [-0.1, -0.05) is 0 Å². The summed E-state index contributed by atoms with van der Waals surface area (Å²) in [6.07, 6.45) is -2.42. The van der Waals surface area contributed by atoms with Crippen molar-refractivity contribution >= 4 is 12.3 Å². The van der Waals surface area contributed by atoms with Crippen LogP contribution in [0.2, 0.25) is 0 Å². The highest BCUT2D eigenvalue weighted by molar-refractivity contribution is 5.60. The summed E-state index contributed by atoms with van der Waals surface area (Å²) in [5.74, 6) is 0. The van der Waals surface area contributed by atoms with Crippen LogP contribution < -0.4 is 0 Å². The van der Waals surface area contributed by atoms with Gasteiger partial charge in [-0.25, -0.2) is 9.59 Å². The van der Waals surface area contributed by atoms with Gasteiger partial charge in [0.05, 0.1) is 13.7 Å². The highest BCUT2D eigenvalue weighted by atomic mass is 16.7. The number of aliphatic hydroxyl groups excluding tert-OH is 1. The van der Waals surface area contributed by atoms with Gasteiger partial charge < -0.3 is 24.1 Å². The molecule has 0 aliphatic rings. The van der Waals surface area contributed by atoms with Gasteiger partial charge in [0.25, 0.3) is 0 Å². The lowest BCUT2D eigenvalue weighted by atomic mass is 10.4. The third kappa shape index (κ3) is 7.56. The summed E-state index contributed by atoms with van der Waals surface area (Å²) in [5, 5.41) is 8.34. The van der Waals surface area contributed by atoms with Crippen molar-refractivity contribution in [1.29, 1.82) is 0 Å². The monoisotopic (exact) mass is 222 g/mol. The van der Waals surface area contributed by atoms with Crippen molar-refractivity contribution in [3.05, 3.63) is 0 Å². The van der Waals surface area contributed by atoms with E-state index < -0.39 is 18.4 Å². The molecule has 15 heavy (non-hydrogen) atoms. The van der Waals surface area contributed by atoms with Crippen LogP contribution in [0.15, 0.2) is 0 Å². The molecule has 0 saturated heterocycles. The van der Waals surface area contributed by atoms with Crippen LogP contribution in [0.4, 0.5) is 9.59 Å². The van der Waals surface area contributed by atoms with Crippen LogP contribution in [0.25, 0.3) is 0 Å². The molecule has 1 unspecified atom stereocenters. The molecule has 0 rings (SSSR count). The zero-order valence-electron chi connectivity index (χ0n) is 8.60. The van der Waals surface area contributed by atoms with Crippen LogP contribution >= 0.6 is 0 Å². The van der Waals surface area contributed by atoms with E-state index in [4.69, 9.17) is 5.11 Å². The average molecular weight is 222 g/mol. The number of carbonyl (C=O) groups excluding carboxylic acids is 2. The zero-order chi connectivity index (χ0) is 11.7. The Labute approximate surface area is 86.9 Å². The molecule has 0 fully saturated rings. The highest BCUT2D eigenvalue weighted by Crippen LogP contribution is 1.96. The van der Waals surface area contributed by atoms with Gasteiger partial charge in [0.1, 0.15) is 19.3 Å². The Bertz CT molecular complexity index is 203. The summed E-state index contributed by atoms with van der Waals surface area (Å²) in [6.45, 7) is 0.982. The lowest BCUT2D eigenvalue weighted by Crippen LogP contribution is -2.23. The summed E-state index contributed by atoms with van der Waals surface area (Å²) < 4.78 is 17.8. The van der Waals surface area contributed by atoms with Crippen LogP contribution in [-0.4, -0.2) is 50.5 Å². The van der Waals surface area contributed by atoms with Gasteiger partial charge in [-0.3, -0.25) is 0 Å². The van der Waals surface area contributed by atoms with E-state index in [1.165, 1.54) is 14.0 Å². The molecule has 0 saturated carbocycles. The molecule has 0 heterocycles. The van der Waals surface area contributed by atoms with Gasteiger partial charge in [-0.05, 0) is 6.92 Å². The Morgan fingerprint density at radius 1 is 1.27 bits per heavy atom. The number of aliphatic hydroxyl groups is 1. The minimum atomic E-state index is -0.926. The van der Waals surface area contributed by atoms with Gasteiger partial charge in [0.15, 0.2) is 0 Å². The summed E-state index contributed by atoms with van der Waals surface area (Å²) in [7, 11) is 1.17. The van der Waals surface area contributed by atoms with Gasteiger partial charge in [0.2, 0.25) is 0 Å². The zero-order valence-corrected chi connectivity index (χ0v) is 8.60. The first-order valence-corrected chi connectivity index (χ1v) is 4.25. The lowest BCUT2D eigenvalue weighted by Gasteiger charge is -2.12. The Morgan fingerprint density at radius 3 is 2.47 bits per heavy atom. The fourth-order valence-corrected chi connectivity index (χ4v) is 0.606. The first kappa shape index (κ1) is 13.5. The maximum absolute atomic E-state index is 10.8. The SMILES string of the molecule is COC(=O)OCC(C)OC(=O)OCCO. The fourth-order valence-electron chi connectivity index (χ4n) is 0.606. The van der Waals surface area contributed by atoms with Crippen LogP contribution in [0, 0.1) is 0 Å². The van der Waals surface area contributed by atoms with Gasteiger partial charge >= 0.3 is 12.3 Å². The summed E-state index contributed by atoms with van der Waals surface area (Å²) in [6, 6.07) is 0. The van der Waals surface area contributed by atoms with Crippen molar-refractivity contribution in [3.63, 3.8) is 0 Å². The predicted molar refractivity (Wildman–Crippen MR) is 47.3 cm³/mol. The number of methoxy groups -OCH3 is 1. The molecule has 1 N–H and O–H groups in total. The molecule has 0 aromatic rings. The number of hydrogen-bond acceptors (Lipinski definition) is 7. The van der Waals surface area contributed by atoms with Crippen molar-refractivity contribution in [2.24, 2.45) is 0 Å². The van der Waals surface area contributed by atoms with Crippen molar-refractivity contribution in [2.45, 2.75) is 13.0 Å². The fraction of sp³-hybridized carbons (Fsp3) is 0.750. The van der Waals surface area contributed by atoms with Crippen LogP contribution in [0.1, 0.15) is 6.92 Å². The molecule has 7 heteroatoms. The van der Waals surface area contributed by atoms with E-state index in [1.54, 1.807) is 0 Å². The number of ether oxygens (including phenoxy) is 4. The molecule has 0 aromatic carbocycles. The predicted octanol–water partition coefficient (Wildman–Crippen LogP) is 0.303. The van der Waals surface area contributed by atoms with E-state index in [9.17, 15) is 9.59 Å². The van der Waals surface area contributed by atoms with Crippen LogP contribution in [-0.2, 0) is 18.9 Å². The van der Waals surface area contributed by atoms with Crippen molar-refractivity contribution in [1.82, 2.24) is 0 Å². The molecule has 0 spiro atoms. The first-order valence-electron chi connectivity index (χ1n) is 4.25. The van der Waals surface area contributed by atoms with Crippen molar-refractivity contribution in [2.75, 3.05) is 26.9 Å². The highest BCUT2D eigenvalue weighted by Gasteiger charge is 2.12. The Kier molecular flexibility index (Phi) is 7.08. The van der Waals surface area contributed by atoms with E-state index in [2.05, 4.69) is 18.9 Å². The number of hydrogen-bond donors (Lipinski definition) is 1. The molecule has 88 valence electrons. The summed E-state index contributed by atoms with van der Waals surface area (Å²) in [5.41, 5.74) is 0. The van der Waals surface area contributed by atoms with E-state index in [1.807, 2.05) is 0 Å². The maximum Gasteiger partial charge on any atom is 0.508 e. The Hall–Kier alpha value is -1.50. The third-order valence-electron chi connectivity index (χ3n) is 1.21. The second-order valence-electron chi connectivity index (χ2n) is 2.52. The molecule has 7 nitrogen and oxygen atoms in total. The summed E-state index contributed by atoms with van der Waals surface area (Å²) >= 11 is 0. The molecule has 0 amide bonds. The standard InChI is InChI=1S/C8H14O7/c1-6(5-14-7(10)12-2)15-8(11)13-4-3-9/h6,9H,3-5H2,1-2H3. The average Bonchev–Trinajstić information content (AvgIpc) is 2.22. The quantitative estimate of drug-likeness (QED) is 0.669. The maximum atomic E-state index is 10.8. The first-order chi connectivity index (χ1) is 7.10. The second kappa shape index (κ2) is 7.86. The van der Waals surface area contributed by atoms with E-state index in [-0.39, 0.29) is 19.8 Å². The van der Waals surface area contributed by atoms with Gasteiger partial charge in [-0.15, -0.1) is 0 Å². The van der Waals surface area contributed by atoms with E-state index >= 15 is 0 Å². The second-order valence-corrected chi connectivity index (χ2v) is 2.52. The van der Waals surface area contributed by atoms with Crippen LogP contribution in [0.5, 0.6) is 0 Å². The molecular formula is C8H14O7. The molecule has 0 radical (unpaired) electrons. The lowest BCUT2D eigenvalue weighted by molar-refractivity contribution is -0.0106. The summed E-state index contributed by atoms with van der Waals surface area (Å²) in [4.78, 5) is 21.3. The van der Waals surface area contributed by atoms with Gasteiger partial charge in [0, 0.05) is 0 Å². The van der Waals surface area contributed by atoms with E-state index in [0.717, 1.165) is 0 Å². The van der Waals surface area contributed by atoms with Crippen molar-refractivity contribution in [3.8, 4) is 0 Å². The molecule has 1 atom stereocenters. The minimum Gasteiger partial charge on any atom is -0.438 e. The number of carbonyl (C=O) groups is 2. The van der Waals surface area contributed by atoms with Crippen molar-refractivity contribution < 1.29 is 33.6 Å². The minimum absolute atomic E-state index is 0.124. The molecule has 0 aliphatic heterocycles. The Balaban J connectivity index is 3.59. The molecule has 0 aromatic heterocycles. The van der Waals surface area contributed by atoms with Gasteiger partial charge in [-0.2, -0.15) is 0 Å². The Morgan fingerprint density at radius 2 is 1.93 bits per heavy atom. The van der Waals surface area contributed by atoms with Crippen LogP contribution in [0.3, 0.4) is 0 Å². The molecule has 0 bridgehead atoms. The normalized spacial score (nSPS) is 11.4. The molecule has 0 aliphatic carbocycles. The van der Waals surface area contributed by atoms with E-state index in [0.29, 0.717) is 0 Å².